The Morgan fingerprint density at radius 2 is 1.73 bits per heavy atom. The Labute approximate surface area is 186 Å². The van der Waals surface area contributed by atoms with E-state index in [2.05, 4.69) is 5.10 Å². The molecule has 1 aliphatic heterocycles. The second kappa shape index (κ2) is 8.35. The molecule has 4 rings (SSSR count). The van der Waals surface area contributed by atoms with Crippen LogP contribution < -0.4 is 10.6 Å². The summed E-state index contributed by atoms with van der Waals surface area (Å²) in [5.74, 6) is -2.82. The molecular weight excluding hydrogens is 445 g/mol. The van der Waals surface area contributed by atoms with Gasteiger partial charge < -0.3 is 4.90 Å². The summed E-state index contributed by atoms with van der Waals surface area (Å²) in [5.41, 5.74) is 0.0254. The molecule has 6 nitrogen and oxygen atoms in total. The minimum absolute atomic E-state index is 0.0441. The number of alkyl halides is 5. The topological polar surface area (TPSA) is 48.0 Å². The van der Waals surface area contributed by atoms with E-state index in [1.165, 1.54) is 20.1 Å². The van der Waals surface area contributed by atoms with E-state index in [-0.39, 0.29) is 31.0 Å². The molecule has 3 heterocycles. The molecular formula is C22H24F5N5O. The maximum Gasteiger partial charge on any atom is 0.416 e. The lowest BCUT2D eigenvalue weighted by Gasteiger charge is -2.34. The minimum atomic E-state index is -4.65. The van der Waals surface area contributed by atoms with Crippen molar-refractivity contribution < 1.29 is 22.0 Å². The molecule has 178 valence electrons. The number of imidazole rings is 1. The first-order valence-electron chi connectivity index (χ1n) is 10.6. The van der Waals surface area contributed by atoms with Gasteiger partial charge in [0.25, 0.3) is 5.92 Å². The van der Waals surface area contributed by atoms with Gasteiger partial charge in [-0.1, -0.05) is 0 Å². The van der Waals surface area contributed by atoms with Crippen LogP contribution in [0.5, 0.6) is 0 Å². The van der Waals surface area contributed by atoms with E-state index in [4.69, 9.17) is 0 Å². The van der Waals surface area contributed by atoms with Gasteiger partial charge in [-0.3, -0.25) is 13.8 Å². The van der Waals surface area contributed by atoms with E-state index >= 15 is 0 Å². The lowest BCUT2D eigenvalue weighted by molar-refractivity contribution is -0.137. The first-order valence-corrected chi connectivity index (χ1v) is 10.6. The zero-order chi connectivity index (χ0) is 24.0. The van der Waals surface area contributed by atoms with Crippen molar-refractivity contribution in [2.24, 2.45) is 0 Å². The molecule has 0 amide bonds. The highest BCUT2D eigenvalue weighted by Gasteiger charge is 2.36. The predicted octanol–water partition coefficient (Wildman–Crippen LogP) is 4.47. The van der Waals surface area contributed by atoms with Crippen molar-refractivity contribution in [1.29, 1.82) is 0 Å². The number of piperidine rings is 1. The molecule has 1 aliphatic rings. The number of hydrogen-bond acceptors (Lipinski definition) is 3. The van der Waals surface area contributed by atoms with Crippen LogP contribution in [-0.4, -0.2) is 37.9 Å². The summed E-state index contributed by atoms with van der Waals surface area (Å²) >= 11 is 0. The van der Waals surface area contributed by atoms with E-state index in [1.807, 2.05) is 6.92 Å². The lowest BCUT2D eigenvalue weighted by Crippen LogP contribution is -2.39. The second-order valence-electron chi connectivity index (χ2n) is 8.30. The number of hydrogen-bond donors (Lipinski definition) is 0. The van der Waals surface area contributed by atoms with E-state index in [0.717, 1.165) is 17.7 Å². The molecule has 0 bridgehead atoms. The molecule has 0 atom stereocenters. The van der Waals surface area contributed by atoms with Gasteiger partial charge in [-0.15, -0.1) is 0 Å². The molecule has 3 aromatic rings. The van der Waals surface area contributed by atoms with Gasteiger partial charge in [-0.25, -0.2) is 13.6 Å². The summed E-state index contributed by atoms with van der Waals surface area (Å²) in [6, 6.07) is 3.31. The number of nitrogens with zero attached hydrogens (tertiary/aromatic N) is 5. The minimum Gasteiger partial charge on any atom is -0.371 e. The van der Waals surface area contributed by atoms with Crippen molar-refractivity contribution >= 4 is 5.69 Å². The molecule has 0 saturated carbocycles. The van der Waals surface area contributed by atoms with E-state index in [0.29, 0.717) is 12.2 Å². The largest absolute Gasteiger partial charge is 0.416 e. The van der Waals surface area contributed by atoms with Crippen molar-refractivity contribution in [3.05, 3.63) is 64.1 Å². The van der Waals surface area contributed by atoms with Crippen LogP contribution in [0.4, 0.5) is 27.6 Å². The highest BCUT2D eigenvalue weighted by Crippen LogP contribution is 2.36. The highest BCUT2D eigenvalue weighted by atomic mass is 19.4. The van der Waals surface area contributed by atoms with Gasteiger partial charge in [0.2, 0.25) is 0 Å². The maximum absolute atomic E-state index is 13.6. The Balaban J connectivity index is 1.73. The van der Waals surface area contributed by atoms with Crippen LogP contribution in [0.3, 0.4) is 0 Å². The number of anilines is 1. The third-order valence-electron chi connectivity index (χ3n) is 5.84. The predicted molar refractivity (Wildman–Crippen MR) is 113 cm³/mol. The summed E-state index contributed by atoms with van der Waals surface area (Å²) in [6.45, 7) is 4.32. The summed E-state index contributed by atoms with van der Waals surface area (Å²) in [4.78, 5) is 14.6. The number of rotatable bonds is 5. The second-order valence-corrected chi connectivity index (χ2v) is 8.30. The van der Waals surface area contributed by atoms with Crippen LogP contribution in [0.1, 0.15) is 36.6 Å². The van der Waals surface area contributed by atoms with E-state index in [1.54, 1.807) is 30.2 Å². The summed E-state index contributed by atoms with van der Waals surface area (Å²) in [5, 5.41) is 4.17. The molecule has 33 heavy (non-hydrogen) atoms. The van der Waals surface area contributed by atoms with Crippen LogP contribution in [0, 0.1) is 6.92 Å². The Hall–Kier alpha value is -3.11. The Kier molecular flexibility index (Phi) is 5.83. The number of aromatic nitrogens is 4. The molecule has 0 spiro atoms. The summed E-state index contributed by atoms with van der Waals surface area (Å²) in [7, 11) is 0. The zero-order valence-corrected chi connectivity index (χ0v) is 18.2. The van der Waals surface area contributed by atoms with Crippen molar-refractivity contribution in [1.82, 2.24) is 18.9 Å². The molecule has 1 saturated heterocycles. The van der Waals surface area contributed by atoms with Crippen LogP contribution >= 0.6 is 0 Å². The molecule has 0 unspecified atom stereocenters. The average molecular weight is 469 g/mol. The van der Waals surface area contributed by atoms with Gasteiger partial charge in [0.1, 0.15) is 0 Å². The van der Waals surface area contributed by atoms with Crippen molar-refractivity contribution in [2.45, 2.75) is 51.9 Å². The van der Waals surface area contributed by atoms with Gasteiger partial charge in [-0.05, 0) is 32.0 Å². The van der Waals surface area contributed by atoms with Crippen molar-refractivity contribution in [3.63, 3.8) is 0 Å². The fourth-order valence-corrected chi connectivity index (χ4v) is 4.07. The summed E-state index contributed by atoms with van der Waals surface area (Å²) in [6.07, 6.45) is -0.504. The average Bonchev–Trinajstić information content (AvgIpc) is 3.31. The Bertz CT molecular complexity index is 1200. The van der Waals surface area contributed by atoms with Crippen LogP contribution in [-0.2, 0) is 19.3 Å². The normalized spacial score (nSPS) is 16.4. The van der Waals surface area contributed by atoms with Gasteiger partial charge in [-0.2, -0.15) is 18.3 Å². The third kappa shape index (κ3) is 4.81. The summed E-state index contributed by atoms with van der Waals surface area (Å²) < 4.78 is 72.4. The van der Waals surface area contributed by atoms with Crippen LogP contribution in [0.25, 0.3) is 5.69 Å². The molecule has 0 radical (unpaired) electrons. The van der Waals surface area contributed by atoms with Gasteiger partial charge in [0.15, 0.2) is 0 Å². The van der Waals surface area contributed by atoms with E-state index < -0.39 is 36.2 Å². The standard InChI is InChI=1S/C22H24F5N5O/c1-3-31-14-16(11-28-31)13-30-12-15(2)32(20(30)33)19-9-17(22(25,26)27)8-18(10-19)29-6-4-21(23,24)5-7-29/h8-12,14H,3-7,13H2,1-2H3. The van der Waals surface area contributed by atoms with Gasteiger partial charge in [0, 0.05) is 61.8 Å². The smallest absolute Gasteiger partial charge is 0.371 e. The first-order chi connectivity index (χ1) is 15.5. The molecule has 0 aliphatic carbocycles. The van der Waals surface area contributed by atoms with Gasteiger partial charge in [0.05, 0.1) is 24.0 Å². The molecule has 0 N–H and O–H groups in total. The monoisotopic (exact) mass is 469 g/mol. The molecule has 1 aromatic carbocycles. The van der Waals surface area contributed by atoms with E-state index in [9.17, 15) is 26.7 Å². The molecule has 11 heteroatoms. The van der Waals surface area contributed by atoms with Crippen LogP contribution in [0.15, 0.2) is 41.6 Å². The zero-order valence-electron chi connectivity index (χ0n) is 18.2. The fraction of sp³-hybridized carbons (Fsp3) is 0.455. The Morgan fingerprint density at radius 3 is 2.33 bits per heavy atom. The SMILES string of the molecule is CCn1cc(Cn2cc(C)n(-c3cc(N4CCC(F)(F)CC4)cc(C(F)(F)F)c3)c2=O)cn1. The Morgan fingerprint density at radius 1 is 1.06 bits per heavy atom. The number of benzene rings is 1. The first kappa shape index (κ1) is 23.1. The number of aryl methyl sites for hydroxylation is 2. The van der Waals surface area contributed by atoms with Gasteiger partial charge >= 0.3 is 11.9 Å². The molecule has 1 fully saturated rings. The third-order valence-corrected chi connectivity index (χ3v) is 5.84. The van der Waals surface area contributed by atoms with Crippen molar-refractivity contribution in [3.8, 4) is 5.69 Å². The fourth-order valence-electron chi connectivity index (χ4n) is 4.07. The van der Waals surface area contributed by atoms with Crippen molar-refractivity contribution in [2.75, 3.05) is 18.0 Å². The molecule has 2 aromatic heterocycles. The highest BCUT2D eigenvalue weighted by molar-refractivity contribution is 5.57. The lowest BCUT2D eigenvalue weighted by atomic mass is 10.0. The quantitative estimate of drug-likeness (QED) is 0.519. The maximum atomic E-state index is 13.6. The van der Waals surface area contributed by atoms with Crippen LogP contribution in [0.2, 0.25) is 0 Å². The number of halogens is 5.